The van der Waals surface area contributed by atoms with Crippen molar-refractivity contribution in [1.82, 2.24) is 0 Å². The molecule has 9 aromatic carbocycles. The fraction of sp³-hybridized carbons (Fsp3) is 0. The summed E-state index contributed by atoms with van der Waals surface area (Å²) in [6.45, 7) is 8.13. The number of hydrogen-bond donors (Lipinski definition) is 0. The lowest BCUT2D eigenvalue weighted by Gasteiger charge is -2.25. The van der Waals surface area contributed by atoms with Gasteiger partial charge in [-0.1, -0.05) is 84.9 Å². The van der Waals surface area contributed by atoms with Crippen LogP contribution in [0.5, 0.6) is 0 Å². The average Bonchev–Trinajstić information content (AvgIpc) is 3.80. The molecule has 0 aliphatic carbocycles. The smallest absolute Gasteiger partial charge is 0.233 e. The number of benzene rings is 9. The van der Waals surface area contributed by atoms with Gasteiger partial charge in [0.05, 0.1) is 6.57 Å². The lowest BCUT2D eigenvalue weighted by atomic mass is 10.00. The average molecular weight is 718 g/mol. The number of hydrogen-bond acceptors (Lipinski definition) is 4. The normalized spacial score (nSPS) is 11.6. The number of nitrogens with zero attached hydrogens (tertiary/aromatic N) is 3. The number of fused-ring (bicyclic) bond motifs is 9. The van der Waals surface area contributed by atoms with Crippen molar-refractivity contribution in [3.63, 3.8) is 0 Å². The molecular formula is C51H31N3O2. The highest BCUT2D eigenvalue weighted by Crippen LogP contribution is 2.47. The summed E-state index contributed by atoms with van der Waals surface area (Å²) < 4.78 is 13.2. The fourth-order valence-electron chi connectivity index (χ4n) is 8.22. The molecule has 5 nitrogen and oxygen atoms in total. The summed E-state index contributed by atoms with van der Waals surface area (Å²) in [6, 6.07) is 65.2. The van der Waals surface area contributed by atoms with Crippen molar-refractivity contribution >= 4 is 105 Å². The van der Waals surface area contributed by atoms with E-state index in [-0.39, 0.29) is 0 Å². The molecule has 0 bridgehead atoms. The van der Waals surface area contributed by atoms with Crippen molar-refractivity contribution < 1.29 is 8.83 Å². The van der Waals surface area contributed by atoms with Crippen molar-refractivity contribution in [2.75, 3.05) is 9.80 Å². The van der Waals surface area contributed by atoms with Gasteiger partial charge in [-0.15, -0.1) is 0 Å². The maximum absolute atomic E-state index is 8.13. The molecule has 0 N–H and O–H groups in total. The Morgan fingerprint density at radius 1 is 0.357 bits per heavy atom. The summed E-state index contributed by atoms with van der Waals surface area (Å²) in [5.74, 6) is 0. The molecule has 0 atom stereocenters. The Bertz CT molecular complexity index is 3230. The highest BCUT2D eigenvalue weighted by Gasteiger charge is 2.22. The van der Waals surface area contributed by atoms with Gasteiger partial charge in [0.25, 0.3) is 0 Å². The van der Waals surface area contributed by atoms with Gasteiger partial charge in [0.2, 0.25) is 5.69 Å². The topological polar surface area (TPSA) is 37.1 Å². The monoisotopic (exact) mass is 717 g/mol. The van der Waals surface area contributed by atoms with E-state index >= 15 is 0 Å². The summed E-state index contributed by atoms with van der Waals surface area (Å²) >= 11 is 0. The van der Waals surface area contributed by atoms with Crippen molar-refractivity contribution in [3.05, 3.63) is 199 Å². The molecule has 5 heteroatoms. The largest absolute Gasteiger partial charge is 0.467 e. The summed E-state index contributed by atoms with van der Waals surface area (Å²) in [6.07, 6.45) is 0. The van der Waals surface area contributed by atoms with Crippen LogP contribution in [-0.2, 0) is 0 Å². The van der Waals surface area contributed by atoms with Gasteiger partial charge in [0.1, 0.15) is 22.3 Å². The van der Waals surface area contributed by atoms with Gasteiger partial charge in [-0.3, -0.25) is 0 Å². The first-order chi connectivity index (χ1) is 27.7. The lowest BCUT2D eigenvalue weighted by molar-refractivity contribution is 0.665. The Kier molecular flexibility index (Phi) is 7.16. The van der Waals surface area contributed by atoms with Crippen LogP contribution in [0, 0.1) is 6.57 Å². The highest BCUT2D eigenvalue weighted by molar-refractivity contribution is 6.30. The molecule has 0 spiro atoms. The van der Waals surface area contributed by atoms with E-state index in [4.69, 9.17) is 15.4 Å². The lowest BCUT2D eigenvalue weighted by Crippen LogP contribution is -2.09. The summed E-state index contributed by atoms with van der Waals surface area (Å²) in [5, 5.41) is 8.09. The zero-order chi connectivity index (χ0) is 37.2. The Morgan fingerprint density at radius 2 is 0.786 bits per heavy atom. The Hall–Kier alpha value is -7.81. The molecule has 0 amide bonds. The Labute approximate surface area is 322 Å². The first-order valence-corrected chi connectivity index (χ1v) is 18.6. The predicted octanol–water partition coefficient (Wildman–Crippen LogP) is 15.3. The SMILES string of the molecule is [C-]#[N+]c1cc2oc3cc4cc(N(c5ccccc5)c5ccccc5)ccc4cc3c2c2c1oc1cc3cc(N(c4ccccc4)c4ccccc4)ccc3cc12. The van der Waals surface area contributed by atoms with Crippen LogP contribution < -0.4 is 9.80 Å². The zero-order valence-electron chi connectivity index (χ0n) is 30.1. The predicted molar refractivity (Wildman–Crippen MR) is 232 cm³/mol. The third-order valence-electron chi connectivity index (χ3n) is 10.7. The second-order valence-corrected chi connectivity index (χ2v) is 14.1. The molecule has 262 valence electrons. The van der Waals surface area contributed by atoms with Gasteiger partial charge < -0.3 is 18.6 Å². The summed E-state index contributed by atoms with van der Waals surface area (Å²) in [5.41, 5.74) is 9.58. The van der Waals surface area contributed by atoms with E-state index in [0.717, 1.165) is 88.4 Å². The molecule has 56 heavy (non-hydrogen) atoms. The summed E-state index contributed by atoms with van der Waals surface area (Å²) in [4.78, 5) is 8.44. The van der Waals surface area contributed by atoms with Crippen LogP contribution >= 0.6 is 0 Å². The van der Waals surface area contributed by atoms with Crippen LogP contribution in [0.3, 0.4) is 0 Å². The molecule has 11 aromatic rings. The second-order valence-electron chi connectivity index (χ2n) is 14.1. The standard InChI is InChI=1S/C51H31N3O2/c1-52-45-32-48-49(43-28-33-22-24-41(26-35(33)30-46(43)55-48)53(37-14-6-2-7-15-37)38-16-8-3-9-17-38)50-44-29-34-23-25-42(27-36(34)31-47(44)56-51(45)50)54(39-18-10-4-11-19-39)40-20-12-5-13-21-40/h2-32H. The van der Waals surface area contributed by atoms with Gasteiger partial charge in [-0.25, -0.2) is 4.85 Å². The molecule has 2 aromatic heterocycles. The third kappa shape index (κ3) is 5.09. The van der Waals surface area contributed by atoms with Crippen LogP contribution in [0.15, 0.2) is 197 Å². The molecule has 0 aliphatic heterocycles. The van der Waals surface area contributed by atoms with E-state index in [2.05, 4.69) is 172 Å². The van der Waals surface area contributed by atoms with E-state index in [1.54, 1.807) is 0 Å². The first-order valence-electron chi connectivity index (χ1n) is 18.6. The maximum Gasteiger partial charge on any atom is 0.233 e. The third-order valence-corrected chi connectivity index (χ3v) is 10.7. The fourth-order valence-corrected chi connectivity index (χ4v) is 8.22. The van der Waals surface area contributed by atoms with Gasteiger partial charge in [0, 0.05) is 55.7 Å². The van der Waals surface area contributed by atoms with E-state index in [1.165, 1.54) is 0 Å². The van der Waals surface area contributed by atoms with Crippen LogP contribution in [0.4, 0.5) is 39.8 Å². The number of furan rings is 2. The highest BCUT2D eigenvalue weighted by atomic mass is 16.3. The van der Waals surface area contributed by atoms with E-state index in [1.807, 2.05) is 30.3 Å². The van der Waals surface area contributed by atoms with Gasteiger partial charge >= 0.3 is 0 Å². The van der Waals surface area contributed by atoms with Crippen LogP contribution in [0.2, 0.25) is 0 Å². The van der Waals surface area contributed by atoms with E-state index < -0.39 is 0 Å². The van der Waals surface area contributed by atoms with Crippen molar-refractivity contribution in [1.29, 1.82) is 0 Å². The maximum atomic E-state index is 8.13. The van der Waals surface area contributed by atoms with Gasteiger partial charge in [-0.05, 0) is 125 Å². The quantitative estimate of drug-likeness (QED) is 0.161. The molecular weight excluding hydrogens is 687 g/mol. The van der Waals surface area contributed by atoms with Crippen molar-refractivity contribution in [2.45, 2.75) is 0 Å². The molecule has 0 saturated heterocycles. The van der Waals surface area contributed by atoms with Gasteiger partial charge in [-0.2, -0.15) is 0 Å². The first kappa shape index (κ1) is 31.7. The Balaban J connectivity index is 1.08. The number of para-hydroxylation sites is 4. The molecule has 0 aliphatic rings. The van der Waals surface area contributed by atoms with E-state index in [0.29, 0.717) is 16.9 Å². The Morgan fingerprint density at radius 3 is 1.23 bits per heavy atom. The second kappa shape index (κ2) is 12.7. The molecule has 0 fully saturated rings. The minimum Gasteiger partial charge on any atom is -0.467 e. The molecule has 0 radical (unpaired) electrons. The van der Waals surface area contributed by atoms with Gasteiger partial charge in [0.15, 0.2) is 0 Å². The minimum absolute atomic E-state index is 0.431. The van der Waals surface area contributed by atoms with Crippen molar-refractivity contribution in [3.8, 4) is 0 Å². The number of anilines is 6. The minimum atomic E-state index is 0.431. The van der Waals surface area contributed by atoms with Crippen LogP contribution in [0.25, 0.3) is 70.3 Å². The molecule has 11 rings (SSSR count). The number of rotatable bonds is 6. The van der Waals surface area contributed by atoms with E-state index in [9.17, 15) is 0 Å². The molecule has 2 heterocycles. The summed E-state index contributed by atoms with van der Waals surface area (Å²) in [7, 11) is 0. The molecule has 0 saturated carbocycles. The molecule has 0 unspecified atom stereocenters. The van der Waals surface area contributed by atoms with Crippen molar-refractivity contribution in [2.24, 2.45) is 0 Å². The van der Waals surface area contributed by atoms with Crippen LogP contribution in [0.1, 0.15) is 0 Å². The zero-order valence-corrected chi connectivity index (χ0v) is 30.1. The van der Waals surface area contributed by atoms with Crippen LogP contribution in [-0.4, -0.2) is 0 Å².